The third kappa shape index (κ3) is 1.10. The molecule has 1 aromatic carbocycles. The predicted octanol–water partition coefficient (Wildman–Crippen LogP) is 2.76. The van der Waals surface area contributed by atoms with Crippen molar-refractivity contribution in [3.63, 3.8) is 0 Å². The Morgan fingerprint density at radius 3 is 2.79 bits per heavy atom. The molecule has 0 unspecified atom stereocenters. The van der Waals surface area contributed by atoms with E-state index in [2.05, 4.69) is 35.8 Å². The molecule has 0 bridgehead atoms. The Hall–Kier alpha value is -1.18. The van der Waals surface area contributed by atoms with Gasteiger partial charge in [-0.3, -0.25) is 0 Å². The first-order chi connectivity index (χ1) is 6.77. The molecule has 0 amide bonds. The van der Waals surface area contributed by atoms with Crippen LogP contribution in [0, 0.1) is 6.92 Å². The molecule has 3 rings (SSSR count). The average molecular weight is 188 g/mol. The summed E-state index contributed by atoms with van der Waals surface area (Å²) in [7, 11) is 0. The first kappa shape index (κ1) is 8.16. The molecule has 2 nitrogen and oxygen atoms in total. The SMILES string of the molecule is Cc1ccc2c(c1)NCC1(CCC1)N2. The van der Waals surface area contributed by atoms with E-state index >= 15 is 0 Å². The van der Waals surface area contributed by atoms with Gasteiger partial charge in [-0.1, -0.05) is 6.07 Å². The van der Waals surface area contributed by atoms with Crippen LogP contribution in [0.25, 0.3) is 0 Å². The minimum Gasteiger partial charge on any atom is -0.381 e. The molecule has 1 aromatic rings. The molecule has 74 valence electrons. The zero-order valence-electron chi connectivity index (χ0n) is 8.56. The van der Waals surface area contributed by atoms with Crippen LogP contribution in [-0.4, -0.2) is 12.1 Å². The van der Waals surface area contributed by atoms with Crippen LogP contribution in [0.15, 0.2) is 18.2 Å². The van der Waals surface area contributed by atoms with E-state index in [1.54, 1.807) is 0 Å². The molecule has 1 aliphatic heterocycles. The Morgan fingerprint density at radius 1 is 1.21 bits per heavy atom. The highest BCUT2D eigenvalue weighted by Gasteiger charge is 2.39. The van der Waals surface area contributed by atoms with Gasteiger partial charge in [-0.25, -0.2) is 0 Å². The molecular weight excluding hydrogens is 172 g/mol. The van der Waals surface area contributed by atoms with Crippen molar-refractivity contribution in [2.75, 3.05) is 17.2 Å². The normalized spacial score (nSPS) is 21.8. The Balaban J connectivity index is 1.94. The highest BCUT2D eigenvalue weighted by molar-refractivity contribution is 5.73. The number of hydrogen-bond acceptors (Lipinski definition) is 2. The van der Waals surface area contributed by atoms with E-state index in [1.165, 1.54) is 36.2 Å². The Labute approximate surface area is 84.7 Å². The second-order valence-corrected chi connectivity index (χ2v) is 4.66. The predicted molar refractivity (Wildman–Crippen MR) is 59.9 cm³/mol. The summed E-state index contributed by atoms with van der Waals surface area (Å²) in [6.45, 7) is 3.22. The largest absolute Gasteiger partial charge is 0.381 e. The maximum absolute atomic E-state index is 3.67. The van der Waals surface area contributed by atoms with Gasteiger partial charge in [0.25, 0.3) is 0 Å². The average Bonchev–Trinajstić information content (AvgIpc) is 2.15. The second kappa shape index (κ2) is 2.66. The molecule has 2 N–H and O–H groups in total. The van der Waals surface area contributed by atoms with Gasteiger partial charge in [0.15, 0.2) is 0 Å². The lowest BCUT2D eigenvalue weighted by molar-refractivity contribution is 0.291. The van der Waals surface area contributed by atoms with Crippen molar-refractivity contribution in [2.24, 2.45) is 0 Å². The summed E-state index contributed by atoms with van der Waals surface area (Å²) in [4.78, 5) is 0. The van der Waals surface area contributed by atoms with Crippen molar-refractivity contribution in [3.05, 3.63) is 23.8 Å². The van der Waals surface area contributed by atoms with E-state index < -0.39 is 0 Å². The van der Waals surface area contributed by atoms with Crippen LogP contribution in [0.3, 0.4) is 0 Å². The van der Waals surface area contributed by atoms with Crippen LogP contribution in [0.4, 0.5) is 11.4 Å². The summed E-state index contributed by atoms with van der Waals surface area (Å²) in [5, 5.41) is 7.21. The summed E-state index contributed by atoms with van der Waals surface area (Å²) >= 11 is 0. The summed E-state index contributed by atoms with van der Waals surface area (Å²) in [6, 6.07) is 6.58. The standard InChI is InChI=1S/C12H16N2/c1-9-3-4-10-11(7-9)13-8-12(14-10)5-2-6-12/h3-4,7,13-14H,2,5-6,8H2,1H3. The molecule has 0 radical (unpaired) electrons. The lowest BCUT2D eigenvalue weighted by atomic mass is 9.75. The van der Waals surface area contributed by atoms with E-state index in [1.807, 2.05) is 0 Å². The minimum absolute atomic E-state index is 0.377. The van der Waals surface area contributed by atoms with Gasteiger partial charge in [0.2, 0.25) is 0 Å². The molecule has 1 aliphatic carbocycles. The van der Waals surface area contributed by atoms with Crippen LogP contribution in [-0.2, 0) is 0 Å². The maximum Gasteiger partial charge on any atom is 0.0581 e. The third-order valence-corrected chi connectivity index (χ3v) is 3.50. The summed E-state index contributed by atoms with van der Waals surface area (Å²) in [5.41, 5.74) is 4.24. The van der Waals surface area contributed by atoms with Gasteiger partial charge in [-0.15, -0.1) is 0 Å². The molecule has 1 spiro atoms. The highest BCUT2D eigenvalue weighted by Crippen LogP contribution is 2.41. The van der Waals surface area contributed by atoms with Crippen molar-refractivity contribution in [1.29, 1.82) is 0 Å². The van der Waals surface area contributed by atoms with Gasteiger partial charge >= 0.3 is 0 Å². The van der Waals surface area contributed by atoms with Crippen LogP contribution in [0.2, 0.25) is 0 Å². The summed E-state index contributed by atoms with van der Waals surface area (Å²) in [6.07, 6.45) is 4.00. The van der Waals surface area contributed by atoms with Crippen LogP contribution in [0.5, 0.6) is 0 Å². The molecular formula is C12H16N2. The van der Waals surface area contributed by atoms with Crippen molar-refractivity contribution in [3.8, 4) is 0 Å². The lowest BCUT2D eigenvalue weighted by Crippen LogP contribution is -2.52. The summed E-state index contributed by atoms with van der Waals surface area (Å²) in [5.74, 6) is 0. The molecule has 1 fully saturated rings. The van der Waals surface area contributed by atoms with Gasteiger partial charge in [-0.05, 0) is 43.9 Å². The third-order valence-electron chi connectivity index (χ3n) is 3.50. The van der Waals surface area contributed by atoms with E-state index in [0.29, 0.717) is 5.54 Å². The Morgan fingerprint density at radius 2 is 2.07 bits per heavy atom. The molecule has 1 saturated carbocycles. The van der Waals surface area contributed by atoms with E-state index in [4.69, 9.17) is 0 Å². The Kier molecular flexibility index (Phi) is 1.55. The monoisotopic (exact) mass is 188 g/mol. The topological polar surface area (TPSA) is 24.1 Å². The Bertz CT molecular complexity index is 367. The van der Waals surface area contributed by atoms with Gasteiger partial charge in [0, 0.05) is 6.54 Å². The van der Waals surface area contributed by atoms with Crippen LogP contribution < -0.4 is 10.6 Å². The number of fused-ring (bicyclic) bond motifs is 1. The van der Waals surface area contributed by atoms with Crippen LogP contribution >= 0.6 is 0 Å². The molecule has 2 aliphatic rings. The number of benzene rings is 1. The molecule has 2 heteroatoms. The van der Waals surface area contributed by atoms with Crippen molar-refractivity contribution in [2.45, 2.75) is 31.7 Å². The van der Waals surface area contributed by atoms with E-state index in [9.17, 15) is 0 Å². The molecule has 14 heavy (non-hydrogen) atoms. The van der Waals surface area contributed by atoms with Crippen molar-refractivity contribution >= 4 is 11.4 Å². The first-order valence-electron chi connectivity index (χ1n) is 5.40. The maximum atomic E-state index is 3.67. The van der Waals surface area contributed by atoms with Gasteiger partial charge in [0.1, 0.15) is 0 Å². The smallest absolute Gasteiger partial charge is 0.0581 e. The van der Waals surface area contributed by atoms with Gasteiger partial charge < -0.3 is 10.6 Å². The van der Waals surface area contributed by atoms with Gasteiger partial charge in [-0.2, -0.15) is 0 Å². The van der Waals surface area contributed by atoms with Crippen LogP contribution in [0.1, 0.15) is 24.8 Å². The minimum atomic E-state index is 0.377. The number of aryl methyl sites for hydroxylation is 1. The molecule has 0 saturated heterocycles. The second-order valence-electron chi connectivity index (χ2n) is 4.66. The zero-order valence-corrected chi connectivity index (χ0v) is 8.56. The fourth-order valence-electron chi connectivity index (χ4n) is 2.41. The van der Waals surface area contributed by atoms with Gasteiger partial charge in [0.05, 0.1) is 16.9 Å². The fraction of sp³-hybridized carbons (Fsp3) is 0.500. The number of nitrogens with one attached hydrogen (secondary N) is 2. The highest BCUT2D eigenvalue weighted by atomic mass is 15.1. The lowest BCUT2D eigenvalue weighted by Gasteiger charge is -2.47. The van der Waals surface area contributed by atoms with E-state index in [-0.39, 0.29) is 0 Å². The fourth-order valence-corrected chi connectivity index (χ4v) is 2.41. The molecule has 0 aromatic heterocycles. The number of hydrogen-bond donors (Lipinski definition) is 2. The number of rotatable bonds is 0. The molecule has 0 atom stereocenters. The van der Waals surface area contributed by atoms with Crippen molar-refractivity contribution in [1.82, 2.24) is 0 Å². The summed E-state index contributed by atoms with van der Waals surface area (Å²) < 4.78 is 0. The number of anilines is 2. The van der Waals surface area contributed by atoms with Crippen molar-refractivity contribution < 1.29 is 0 Å². The first-order valence-corrected chi connectivity index (χ1v) is 5.40. The van der Waals surface area contributed by atoms with E-state index in [0.717, 1.165) is 6.54 Å². The molecule has 1 heterocycles. The quantitative estimate of drug-likeness (QED) is 0.654. The zero-order chi connectivity index (χ0) is 9.60.